The first-order valence-electron chi connectivity index (χ1n) is 8.92. The molecule has 4 aromatic rings. The van der Waals surface area contributed by atoms with Gasteiger partial charge in [0.2, 0.25) is 0 Å². The number of thioether (sulfide) groups is 1. The van der Waals surface area contributed by atoms with Crippen LogP contribution in [0.1, 0.15) is 19.8 Å². The van der Waals surface area contributed by atoms with E-state index in [1.807, 2.05) is 54.2 Å². The van der Waals surface area contributed by atoms with Crippen LogP contribution in [0.3, 0.4) is 0 Å². The van der Waals surface area contributed by atoms with Crippen LogP contribution in [0.4, 0.5) is 5.69 Å². The number of anilines is 1. The number of nitrogens with two attached hydrogens (primary N) is 1. The molecule has 4 heterocycles. The molecule has 0 fully saturated rings. The second-order valence-corrected chi connectivity index (χ2v) is 8.73. The van der Waals surface area contributed by atoms with Gasteiger partial charge in [-0.3, -0.25) is 4.98 Å². The van der Waals surface area contributed by atoms with Crippen molar-refractivity contribution in [3.05, 3.63) is 43.1 Å². The minimum atomic E-state index is 0.831. The van der Waals surface area contributed by atoms with Gasteiger partial charge in [0.15, 0.2) is 0 Å². The molecule has 0 unspecified atom stereocenters. The van der Waals surface area contributed by atoms with Crippen molar-refractivity contribution < 1.29 is 0 Å². The molecule has 0 atom stereocenters. The van der Waals surface area contributed by atoms with E-state index in [9.17, 15) is 0 Å². The lowest BCUT2D eigenvalue weighted by Crippen LogP contribution is -1.95. The van der Waals surface area contributed by atoms with E-state index < -0.39 is 0 Å². The van der Waals surface area contributed by atoms with E-state index in [2.05, 4.69) is 23.0 Å². The zero-order chi connectivity index (χ0) is 18.8. The Morgan fingerprint density at radius 3 is 2.85 bits per heavy atom. The summed E-state index contributed by atoms with van der Waals surface area (Å²) in [5.41, 5.74) is 11.4. The van der Waals surface area contributed by atoms with Crippen molar-refractivity contribution in [3.8, 4) is 22.5 Å². The SMILES string of the molecule is CCCCSc1sc2nc(-c3cccnc3)cc(-c3cncn3C)c2c1N. The van der Waals surface area contributed by atoms with Crippen LogP contribution in [0.25, 0.3) is 32.7 Å². The topological polar surface area (TPSA) is 69.6 Å². The van der Waals surface area contributed by atoms with Crippen LogP contribution >= 0.6 is 23.1 Å². The smallest absolute Gasteiger partial charge is 0.127 e. The molecule has 0 bridgehead atoms. The average molecular weight is 396 g/mol. The molecular weight excluding hydrogens is 374 g/mol. The molecule has 4 aromatic heterocycles. The predicted molar refractivity (Wildman–Crippen MR) is 115 cm³/mol. The molecule has 2 N–H and O–H groups in total. The van der Waals surface area contributed by atoms with Gasteiger partial charge in [0.05, 0.1) is 33.8 Å². The first-order chi connectivity index (χ1) is 13.2. The molecule has 0 spiro atoms. The fraction of sp³-hybridized carbons (Fsp3) is 0.250. The number of aromatic nitrogens is 4. The van der Waals surface area contributed by atoms with Crippen LogP contribution in [0, 0.1) is 0 Å². The Bertz CT molecular complexity index is 1070. The fourth-order valence-corrected chi connectivity index (χ4v) is 5.45. The van der Waals surface area contributed by atoms with E-state index in [-0.39, 0.29) is 0 Å². The van der Waals surface area contributed by atoms with Crippen molar-refractivity contribution in [2.75, 3.05) is 11.5 Å². The van der Waals surface area contributed by atoms with Gasteiger partial charge in [-0.2, -0.15) is 0 Å². The lowest BCUT2D eigenvalue weighted by Gasteiger charge is -2.09. The normalized spacial score (nSPS) is 11.3. The number of nitrogens with zero attached hydrogens (tertiary/aromatic N) is 4. The number of unbranched alkanes of at least 4 members (excludes halogenated alkanes) is 1. The summed E-state index contributed by atoms with van der Waals surface area (Å²) < 4.78 is 3.17. The van der Waals surface area contributed by atoms with Crippen LogP contribution in [-0.4, -0.2) is 25.3 Å². The Morgan fingerprint density at radius 1 is 1.26 bits per heavy atom. The molecule has 0 radical (unpaired) electrons. The molecule has 4 rings (SSSR count). The van der Waals surface area contributed by atoms with Gasteiger partial charge < -0.3 is 10.3 Å². The Morgan fingerprint density at radius 2 is 2.15 bits per heavy atom. The van der Waals surface area contributed by atoms with Gasteiger partial charge >= 0.3 is 0 Å². The van der Waals surface area contributed by atoms with Gasteiger partial charge in [0.25, 0.3) is 0 Å². The second kappa shape index (κ2) is 7.70. The van der Waals surface area contributed by atoms with Crippen molar-refractivity contribution in [1.29, 1.82) is 0 Å². The summed E-state index contributed by atoms with van der Waals surface area (Å²) in [6, 6.07) is 6.06. The van der Waals surface area contributed by atoms with Crippen molar-refractivity contribution in [3.63, 3.8) is 0 Å². The quantitative estimate of drug-likeness (QED) is 0.357. The van der Waals surface area contributed by atoms with E-state index in [4.69, 9.17) is 10.7 Å². The predicted octanol–water partition coefficient (Wildman–Crippen LogP) is 5.23. The number of hydrogen-bond donors (Lipinski definition) is 1. The van der Waals surface area contributed by atoms with E-state index in [0.717, 1.165) is 48.4 Å². The summed E-state index contributed by atoms with van der Waals surface area (Å²) >= 11 is 3.51. The Kier molecular flexibility index (Phi) is 5.13. The molecule has 0 aromatic carbocycles. The number of aryl methyl sites for hydroxylation is 1. The van der Waals surface area contributed by atoms with Gasteiger partial charge in [0.1, 0.15) is 4.83 Å². The van der Waals surface area contributed by atoms with Gasteiger partial charge in [0, 0.05) is 36.0 Å². The number of imidazole rings is 1. The van der Waals surface area contributed by atoms with Crippen LogP contribution < -0.4 is 5.73 Å². The lowest BCUT2D eigenvalue weighted by atomic mass is 10.1. The summed E-state index contributed by atoms with van der Waals surface area (Å²) in [6.07, 6.45) is 9.67. The molecule has 7 heteroatoms. The highest BCUT2D eigenvalue weighted by Crippen LogP contribution is 2.45. The van der Waals surface area contributed by atoms with E-state index in [0.29, 0.717) is 0 Å². The van der Waals surface area contributed by atoms with Crippen LogP contribution in [0.2, 0.25) is 0 Å². The van der Waals surface area contributed by atoms with Gasteiger partial charge in [-0.05, 0) is 30.4 Å². The maximum absolute atomic E-state index is 6.57. The number of rotatable bonds is 6. The molecule has 0 aliphatic carbocycles. The third kappa shape index (κ3) is 3.44. The van der Waals surface area contributed by atoms with Crippen LogP contribution in [0.15, 0.2) is 47.3 Å². The Hall–Kier alpha value is -2.38. The standard InChI is InChI=1S/C20H21N5S2/c1-3-4-8-26-20-18(21)17-14(16-11-23-12-25(16)2)9-15(24-19(17)27-20)13-6-5-7-22-10-13/h5-7,9-12H,3-4,8,21H2,1-2H3. The number of hydrogen-bond acceptors (Lipinski definition) is 6. The summed E-state index contributed by atoms with van der Waals surface area (Å²) in [6.45, 7) is 2.21. The van der Waals surface area contributed by atoms with Crippen molar-refractivity contribution >= 4 is 39.0 Å². The molecule has 0 amide bonds. The van der Waals surface area contributed by atoms with Crippen molar-refractivity contribution in [1.82, 2.24) is 19.5 Å². The van der Waals surface area contributed by atoms with Crippen LogP contribution in [-0.2, 0) is 7.05 Å². The minimum Gasteiger partial charge on any atom is -0.397 e. The molecule has 27 heavy (non-hydrogen) atoms. The van der Waals surface area contributed by atoms with Crippen molar-refractivity contribution in [2.24, 2.45) is 7.05 Å². The Balaban J connectivity index is 1.92. The number of pyridine rings is 2. The zero-order valence-corrected chi connectivity index (χ0v) is 17.0. The first-order valence-corrected chi connectivity index (χ1v) is 10.7. The van der Waals surface area contributed by atoms with Gasteiger partial charge in [-0.25, -0.2) is 9.97 Å². The number of nitrogen functional groups attached to an aromatic ring is 1. The molecule has 0 aliphatic rings. The first kappa shape index (κ1) is 18.0. The highest BCUT2D eigenvalue weighted by atomic mass is 32.2. The summed E-state index contributed by atoms with van der Waals surface area (Å²) in [7, 11) is 2.00. The highest BCUT2D eigenvalue weighted by Gasteiger charge is 2.19. The number of thiophene rings is 1. The molecule has 138 valence electrons. The minimum absolute atomic E-state index is 0.831. The van der Waals surface area contributed by atoms with Gasteiger partial charge in [-0.1, -0.05) is 13.3 Å². The molecule has 0 aliphatic heterocycles. The highest BCUT2D eigenvalue weighted by molar-refractivity contribution is 8.01. The maximum atomic E-state index is 6.57. The second-order valence-electron chi connectivity index (χ2n) is 6.37. The van der Waals surface area contributed by atoms with E-state index >= 15 is 0 Å². The monoisotopic (exact) mass is 395 g/mol. The molecule has 5 nitrogen and oxygen atoms in total. The van der Waals surface area contributed by atoms with Crippen molar-refractivity contribution in [2.45, 2.75) is 24.0 Å². The molecule has 0 saturated carbocycles. The zero-order valence-electron chi connectivity index (χ0n) is 15.3. The number of fused-ring (bicyclic) bond motifs is 1. The summed E-state index contributed by atoms with van der Waals surface area (Å²) in [5.74, 6) is 1.07. The largest absolute Gasteiger partial charge is 0.397 e. The molecule has 0 saturated heterocycles. The molecular formula is C20H21N5S2. The summed E-state index contributed by atoms with van der Waals surface area (Å²) in [4.78, 5) is 14.4. The average Bonchev–Trinajstić information content (AvgIpc) is 3.25. The summed E-state index contributed by atoms with van der Waals surface area (Å²) in [5, 5.41) is 1.02. The van der Waals surface area contributed by atoms with Gasteiger partial charge in [-0.15, -0.1) is 23.1 Å². The fourth-order valence-electron chi connectivity index (χ4n) is 3.00. The lowest BCUT2D eigenvalue weighted by molar-refractivity contribution is 0.897. The van der Waals surface area contributed by atoms with E-state index in [1.54, 1.807) is 17.5 Å². The van der Waals surface area contributed by atoms with E-state index in [1.165, 1.54) is 12.8 Å². The maximum Gasteiger partial charge on any atom is 0.127 e. The Labute approximate surface area is 166 Å². The van der Waals surface area contributed by atoms with Crippen LogP contribution in [0.5, 0.6) is 0 Å². The third-order valence-electron chi connectivity index (χ3n) is 4.45. The third-order valence-corrected chi connectivity index (χ3v) is 6.92.